The Bertz CT molecular complexity index is 1060. The number of sulfone groups is 1. The lowest BCUT2D eigenvalue weighted by atomic mass is 9.94. The molecule has 11 heteroatoms. The molecule has 0 bridgehead atoms. The van der Waals surface area contributed by atoms with Gasteiger partial charge in [-0.3, -0.25) is 9.69 Å². The Hall–Kier alpha value is -2.53. The second kappa shape index (κ2) is 9.53. The SMILES string of the molecule is O=C(CN1CCCCC1c1ccc(C(F)(F)F)cc1)Nc1ccccc1S(=O)(=O)C(F)F. The Morgan fingerprint density at radius 1 is 1.06 bits per heavy atom. The van der Waals surface area contributed by atoms with E-state index in [1.807, 2.05) is 0 Å². The van der Waals surface area contributed by atoms with Crippen LogP contribution in [0.4, 0.5) is 27.6 Å². The quantitative estimate of drug-likeness (QED) is 0.605. The van der Waals surface area contributed by atoms with E-state index in [4.69, 9.17) is 0 Å². The first-order valence-electron chi connectivity index (χ1n) is 9.82. The molecule has 32 heavy (non-hydrogen) atoms. The number of hydrogen-bond donors (Lipinski definition) is 1. The molecule has 0 aliphatic carbocycles. The maximum Gasteiger partial charge on any atom is 0.416 e. The van der Waals surface area contributed by atoms with Crippen LogP contribution in [0.3, 0.4) is 0 Å². The zero-order valence-electron chi connectivity index (χ0n) is 16.8. The molecule has 3 rings (SSSR count). The highest BCUT2D eigenvalue weighted by molar-refractivity contribution is 7.91. The summed E-state index contributed by atoms with van der Waals surface area (Å²) >= 11 is 0. The number of halogens is 5. The molecule has 1 N–H and O–H groups in total. The Balaban J connectivity index is 1.76. The van der Waals surface area contributed by atoms with Gasteiger partial charge in [0.05, 0.1) is 22.7 Å². The van der Waals surface area contributed by atoms with Crippen LogP contribution in [-0.2, 0) is 20.8 Å². The number of nitrogens with zero attached hydrogens (tertiary/aromatic N) is 1. The zero-order valence-corrected chi connectivity index (χ0v) is 17.6. The van der Waals surface area contributed by atoms with Crippen LogP contribution in [0.2, 0.25) is 0 Å². The van der Waals surface area contributed by atoms with Crippen molar-refractivity contribution in [3.05, 3.63) is 59.7 Å². The van der Waals surface area contributed by atoms with Crippen molar-refractivity contribution >= 4 is 21.4 Å². The number of carbonyl (C=O) groups excluding carboxylic acids is 1. The van der Waals surface area contributed by atoms with Crippen LogP contribution < -0.4 is 5.32 Å². The van der Waals surface area contributed by atoms with Crippen LogP contribution in [0, 0.1) is 0 Å². The number of rotatable bonds is 6. The van der Waals surface area contributed by atoms with Gasteiger partial charge in [0.2, 0.25) is 15.7 Å². The van der Waals surface area contributed by atoms with Gasteiger partial charge < -0.3 is 5.32 Å². The molecule has 1 aliphatic rings. The predicted molar refractivity (Wildman–Crippen MR) is 108 cm³/mol. The van der Waals surface area contributed by atoms with Gasteiger partial charge in [0.15, 0.2) is 0 Å². The van der Waals surface area contributed by atoms with Gasteiger partial charge in [-0.15, -0.1) is 0 Å². The molecule has 1 saturated heterocycles. The van der Waals surface area contributed by atoms with Crippen LogP contribution in [0.25, 0.3) is 0 Å². The topological polar surface area (TPSA) is 66.5 Å². The number of para-hydroxylation sites is 1. The molecule has 1 fully saturated rings. The first kappa shape index (κ1) is 24.1. The molecule has 174 valence electrons. The molecule has 0 spiro atoms. The highest BCUT2D eigenvalue weighted by atomic mass is 32.2. The van der Waals surface area contributed by atoms with Crippen molar-refractivity contribution in [3.8, 4) is 0 Å². The largest absolute Gasteiger partial charge is 0.416 e. The third kappa shape index (κ3) is 5.44. The molecule has 2 aromatic rings. The highest BCUT2D eigenvalue weighted by Crippen LogP contribution is 2.34. The third-order valence-electron chi connectivity index (χ3n) is 5.29. The minimum Gasteiger partial charge on any atom is -0.324 e. The van der Waals surface area contributed by atoms with Crippen LogP contribution in [-0.4, -0.2) is 38.1 Å². The van der Waals surface area contributed by atoms with E-state index in [-0.39, 0.29) is 18.3 Å². The average Bonchev–Trinajstić information content (AvgIpc) is 2.74. The summed E-state index contributed by atoms with van der Waals surface area (Å²) in [5.41, 5.74) is -0.384. The lowest BCUT2D eigenvalue weighted by molar-refractivity contribution is -0.137. The Labute approximate surface area is 182 Å². The van der Waals surface area contributed by atoms with Gasteiger partial charge in [0.25, 0.3) is 0 Å². The van der Waals surface area contributed by atoms with E-state index in [9.17, 15) is 35.2 Å². The summed E-state index contributed by atoms with van der Waals surface area (Å²) in [5, 5.41) is 2.38. The molecule has 0 radical (unpaired) electrons. The van der Waals surface area contributed by atoms with Crippen molar-refractivity contribution in [3.63, 3.8) is 0 Å². The summed E-state index contributed by atoms with van der Waals surface area (Å²) in [6, 6.07) is 9.35. The molecule has 0 aromatic heterocycles. The lowest BCUT2D eigenvalue weighted by Crippen LogP contribution is -2.39. The third-order valence-corrected chi connectivity index (χ3v) is 6.72. The van der Waals surface area contributed by atoms with Gasteiger partial charge in [0, 0.05) is 6.04 Å². The van der Waals surface area contributed by atoms with Crippen molar-refractivity contribution in [1.82, 2.24) is 4.90 Å². The number of nitrogens with one attached hydrogen (secondary N) is 1. The molecule has 5 nitrogen and oxygen atoms in total. The van der Waals surface area contributed by atoms with Crippen molar-refractivity contribution < 1.29 is 35.2 Å². The first-order chi connectivity index (χ1) is 15.0. The standard InChI is InChI=1S/C21H21F5N2O3S/c22-20(23)32(30,31)18-7-2-1-5-16(18)27-19(29)13-28-12-4-3-6-17(28)14-8-10-15(11-9-14)21(24,25)26/h1-2,5,7-11,17,20H,3-4,6,12-13H2,(H,27,29). The number of piperidine rings is 1. The summed E-state index contributed by atoms with van der Waals surface area (Å²) in [7, 11) is -4.91. The monoisotopic (exact) mass is 476 g/mol. The van der Waals surface area contributed by atoms with E-state index in [2.05, 4.69) is 5.32 Å². The van der Waals surface area contributed by atoms with Gasteiger partial charge in [-0.25, -0.2) is 8.42 Å². The summed E-state index contributed by atoms with van der Waals surface area (Å²) in [5.74, 6) is -4.24. The summed E-state index contributed by atoms with van der Waals surface area (Å²) in [6.07, 6.45) is -2.20. The normalized spacial score (nSPS) is 18.0. The molecular weight excluding hydrogens is 455 g/mol. The molecule has 1 unspecified atom stereocenters. The minimum absolute atomic E-state index is 0.172. The van der Waals surface area contributed by atoms with Crippen LogP contribution >= 0.6 is 0 Å². The maximum absolute atomic E-state index is 13.0. The van der Waals surface area contributed by atoms with Crippen molar-refractivity contribution in [2.24, 2.45) is 0 Å². The molecule has 1 heterocycles. The Kier molecular flexibility index (Phi) is 7.19. The highest BCUT2D eigenvalue weighted by Gasteiger charge is 2.32. The number of anilines is 1. The Morgan fingerprint density at radius 2 is 1.72 bits per heavy atom. The molecule has 1 aliphatic heterocycles. The second-order valence-electron chi connectivity index (χ2n) is 7.45. The van der Waals surface area contributed by atoms with E-state index in [0.717, 1.165) is 31.0 Å². The second-order valence-corrected chi connectivity index (χ2v) is 9.34. The smallest absolute Gasteiger partial charge is 0.324 e. The summed E-state index contributed by atoms with van der Waals surface area (Å²) in [4.78, 5) is 13.7. The van der Waals surface area contributed by atoms with E-state index >= 15 is 0 Å². The molecule has 1 atom stereocenters. The Morgan fingerprint density at radius 3 is 2.34 bits per heavy atom. The molecule has 2 aromatic carbocycles. The molecule has 0 saturated carbocycles. The average molecular weight is 476 g/mol. The van der Waals surface area contributed by atoms with Gasteiger partial charge >= 0.3 is 11.9 Å². The van der Waals surface area contributed by atoms with Crippen molar-refractivity contribution in [1.29, 1.82) is 0 Å². The summed E-state index contributed by atoms with van der Waals surface area (Å²) < 4.78 is 88.1. The number of carbonyl (C=O) groups is 1. The number of alkyl halides is 5. The van der Waals surface area contributed by atoms with E-state index < -0.39 is 38.1 Å². The molecule has 1 amide bonds. The minimum atomic E-state index is -4.91. The fourth-order valence-corrected chi connectivity index (χ4v) is 4.63. The fraction of sp³-hybridized carbons (Fsp3) is 0.381. The predicted octanol–water partition coefficient (Wildman–Crippen LogP) is 4.87. The fourth-order valence-electron chi connectivity index (χ4n) is 3.74. The maximum atomic E-state index is 13.0. The summed E-state index contributed by atoms with van der Waals surface area (Å²) in [6.45, 7) is 0.338. The van der Waals surface area contributed by atoms with E-state index in [1.54, 1.807) is 4.90 Å². The molecular formula is C21H21F5N2O3S. The number of benzene rings is 2. The lowest BCUT2D eigenvalue weighted by Gasteiger charge is -2.35. The van der Waals surface area contributed by atoms with Gasteiger partial charge in [-0.1, -0.05) is 30.7 Å². The zero-order chi connectivity index (χ0) is 23.5. The first-order valence-corrected chi connectivity index (χ1v) is 11.4. The number of likely N-dealkylation sites (tertiary alicyclic amines) is 1. The van der Waals surface area contributed by atoms with Gasteiger partial charge in [-0.05, 0) is 49.2 Å². The van der Waals surface area contributed by atoms with Crippen molar-refractivity contribution in [2.75, 3.05) is 18.4 Å². The number of hydrogen-bond acceptors (Lipinski definition) is 4. The van der Waals surface area contributed by atoms with E-state index in [0.29, 0.717) is 18.5 Å². The van der Waals surface area contributed by atoms with E-state index in [1.165, 1.54) is 30.3 Å². The van der Waals surface area contributed by atoms with Crippen LogP contribution in [0.1, 0.15) is 36.4 Å². The van der Waals surface area contributed by atoms with Gasteiger partial charge in [-0.2, -0.15) is 22.0 Å². The van der Waals surface area contributed by atoms with Crippen molar-refractivity contribution in [2.45, 2.75) is 42.1 Å². The van der Waals surface area contributed by atoms with Gasteiger partial charge in [0.1, 0.15) is 0 Å². The van der Waals surface area contributed by atoms with Crippen LogP contribution in [0.15, 0.2) is 53.4 Å². The van der Waals surface area contributed by atoms with Crippen LogP contribution in [0.5, 0.6) is 0 Å². The number of amides is 1.